The minimum atomic E-state index is -4.86. The monoisotopic (exact) mass is 493 g/mol. The number of fused-ring (bicyclic) bond motifs is 1. The van der Waals surface area contributed by atoms with Crippen molar-refractivity contribution in [1.82, 2.24) is 20.0 Å². The van der Waals surface area contributed by atoms with Crippen molar-refractivity contribution in [2.24, 2.45) is 0 Å². The molecule has 1 aromatic carbocycles. The molecule has 2 aliphatic rings. The predicted molar refractivity (Wildman–Crippen MR) is 119 cm³/mol. The van der Waals surface area contributed by atoms with Crippen LogP contribution in [0.1, 0.15) is 36.1 Å². The molecule has 0 radical (unpaired) electrons. The number of nitrogens with zero attached hydrogens (tertiary/aromatic N) is 4. The van der Waals surface area contributed by atoms with Gasteiger partial charge < -0.3 is 19.4 Å². The number of benzene rings is 1. The van der Waals surface area contributed by atoms with Crippen LogP contribution in [-0.2, 0) is 27.0 Å². The summed E-state index contributed by atoms with van der Waals surface area (Å²) >= 11 is 0. The second-order valence-corrected chi connectivity index (χ2v) is 8.51. The van der Waals surface area contributed by atoms with E-state index in [2.05, 4.69) is 5.10 Å². The second-order valence-electron chi connectivity index (χ2n) is 8.51. The SMILES string of the molecule is CC(=O)N1CCN(C(=O)CCOCC2c3ccccc3CN2c2cn[nH]c(=O)c2C(F)(F)F)CC1. The van der Waals surface area contributed by atoms with Crippen LogP contribution in [-0.4, -0.2) is 71.2 Å². The van der Waals surface area contributed by atoms with Gasteiger partial charge in [-0.05, 0) is 11.1 Å². The summed E-state index contributed by atoms with van der Waals surface area (Å²) < 4.78 is 46.8. The lowest BCUT2D eigenvalue weighted by Crippen LogP contribution is -2.50. The van der Waals surface area contributed by atoms with Crippen LogP contribution in [0.3, 0.4) is 0 Å². The average Bonchev–Trinajstić information content (AvgIpc) is 3.19. The molecule has 1 N–H and O–H groups in total. The number of amides is 2. The molecule has 1 atom stereocenters. The standard InChI is InChI=1S/C23H26F3N5O4/c1-15(32)29-7-9-30(10-8-29)20(33)6-11-35-14-19-17-5-3-2-4-16(17)13-31(19)18-12-27-28-22(34)21(18)23(24,25)26/h2-5,12,19H,6-11,13-14H2,1H3,(H,28,34). The Morgan fingerprint density at radius 1 is 1.14 bits per heavy atom. The van der Waals surface area contributed by atoms with Crippen LogP contribution in [0.15, 0.2) is 35.3 Å². The molecule has 35 heavy (non-hydrogen) atoms. The van der Waals surface area contributed by atoms with E-state index in [1.165, 1.54) is 11.8 Å². The third kappa shape index (κ3) is 5.31. The Kier molecular flexibility index (Phi) is 7.10. The number of nitrogens with one attached hydrogen (secondary N) is 1. The molecule has 2 aromatic rings. The second kappa shape index (κ2) is 10.1. The molecule has 0 aliphatic carbocycles. The Labute approximate surface area is 199 Å². The van der Waals surface area contributed by atoms with Crippen molar-refractivity contribution in [3.05, 3.63) is 57.5 Å². The number of piperazine rings is 1. The number of aromatic amines is 1. The van der Waals surface area contributed by atoms with Gasteiger partial charge >= 0.3 is 6.18 Å². The van der Waals surface area contributed by atoms with E-state index in [1.54, 1.807) is 21.9 Å². The summed E-state index contributed by atoms with van der Waals surface area (Å²) in [6.45, 7) is 3.68. The minimum Gasteiger partial charge on any atom is -0.378 e. The average molecular weight is 493 g/mol. The molecule has 0 saturated carbocycles. The Balaban J connectivity index is 1.43. The number of carbonyl (C=O) groups is 2. The molecule has 1 unspecified atom stereocenters. The summed E-state index contributed by atoms with van der Waals surface area (Å²) in [6.07, 6.45) is -3.73. The third-order valence-corrected chi connectivity index (χ3v) is 6.37. The van der Waals surface area contributed by atoms with Gasteiger partial charge in [-0.2, -0.15) is 18.3 Å². The molecule has 2 aliphatic heterocycles. The summed E-state index contributed by atoms with van der Waals surface area (Å²) in [7, 11) is 0. The van der Waals surface area contributed by atoms with Crippen LogP contribution >= 0.6 is 0 Å². The molecule has 12 heteroatoms. The summed E-state index contributed by atoms with van der Waals surface area (Å²) in [5.74, 6) is -0.124. The maximum absolute atomic E-state index is 13.7. The number of anilines is 1. The highest BCUT2D eigenvalue weighted by Crippen LogP contribution is 2.42. The van der Waals surface area contributed by atoms with Gasteiger partial charge in [0.15, 0.2) is 0 Å². The van der Waals surface area contributed by atoms with Crippen molar-refractivity contribution in [2.75, 3.05) is 44.3 Å². The van der Waals surface area contributed by atoms with E-state index in [-0.39, 0.29) is 43.7 Å². The van der Waals surface area contributed by atoms with Gasteiger partial charge in [-0.15, -0.1) is 0 Å². The van der Waals surface area contributed by atoms with Crippen molar-refractivity contribution >= 4 is 17.5 Å². The lowest BCUT2D eigenvalue weighted by Gasteiger charge is -2.34. The van der Waals surface area contributed by atoms with Gasteiger partial charge in [-0.3, -0.25) is 14.4 Å². The number of halogens is 3. The molecule has 9 nitrogen and oxygen atoms in total. The fourth-order valence-corrected chi connectivity index (χ4v) is 4.56. The number of aromatic nitrogens is 2. The van der Waals surface area contributed by atoms with Crippen molar-refractivity contribution < 1.29 is 27.5 Å². The summed E-state index contributed by atoms with van der Waals surface area (Å²) in [5.41, 5.74) is -1.29. The van der Waals surface area contributed by atoms with Crippen molar-refractivity contribution in [2.45, 2.75) is 32.1 Å². The highest BCUT2D eigenvalue weighted by Gasteiger charge is 2.41. The third-order valence-electron chi connectivity index (χ3n) is 6.37. The van der Waals surface area contributed by atoms with Crippen LogP contribution in [0.25, 0.3) is 0 Å². The maximum atomic E-state index is 13.7. The van der Waals surface area contributed by atoms with Gasteiger partial charge in [0.2, 0.25) is 11.8 Å². The summed E-state index contributed by atoms with van der Waals surface area (Å²) in [6, 6.07) is 6.65. The highest BCUT2D eigenvalue weighted by atomic mass is 19.4. The van der Waals surface area contributed by atoms with Crippen LogP contribution in [0, 0.1) is 0 Å². The summed E-state index contributed by atoms with van der Waals surface area (Å²) in [4.78, 5) is 40.8. The zero-order valence-electron chi connectivity index (χ0n) is 19.2. The zero-order valence-corrected chi connectivity index (χ0v) is 19.2. The number of ether oxygens (including phenoxy) is 1. The molecular formula is C23H26F3N5O4. The first kappa shape index (κ1) is 24.7. The normalized spacial score (nSPS) is 18.1. The Hall–Kier alpha value is -3.41. The van der Waals surface area contributed by atoms with E-state index in [0.29, 0.717) is 26.2 Å². The van der Waals surface area contributed by atoms with Gasteiger partial charge in [0, 0.05) is 39.6 Å². The Morgan fingerprint density at radius 2 is 1.83 bits per heavy atom. The van der Waals surface area contributed by atoms with Crippen molar-refractivity contribution in [3.8, 4) is 0 Å². The minimum absolute atomic E-state index is 0.0221. The van der Waals surface area contributed by atoms with E-state index in [0.717, 1.165) is 17.3 Å². The van der Waals surface area contributed by atoms with Gasteiger partial charge in [0.05, 0.1) is 37.6 Å². The van der Waals surface area contributed by atoms with E-state index < -0.39 is 23.3 Å². The van der Waals surface area contributed by atoms with Crippen molar-refractivity contribution in [3.63, 3.8) is 0 Å². The predicted octanol–water partition coefficient (Wildman–Crippen LogP) is 1.95. The lowest BCUT2D eigenvalue weighted by atomic mass is 10.1. The molecule has 0 bridgehead atoms. The Morgan fingerprint density at radius 3 is 2.51 bits per heavy atom. The maximum Gasteiger partial charge on any atom is 0.423 e. The van der Waals surface area contributed by atoms with Gasteiger partial charge in [0.25, 0.3) is 5.56 Å². The fraction of sp³-hybridized carbons (Fsp3) is 0.478. The molecule has 4 rings (SSSR count). The number of carbonyl (C=O) groups excluding carboxylic acids is 2. The number of H-pyrrole nitrogens is 1. The van der Waals surface area contributed by atoms with Crippen LogP contribution in [0.4, 0.5) is 18.9 Å². The number of hydrogen-bond acceptors (Lipinski definition) is 6. The molecular weight excluding hydrogens is 467 g/mol. The van der Waals surface area contributed by atoms with Gasteiger partial charge in [-0.25, -0.2) is 5.10 Å². The van der Waals surface area contributed by atoms with Crippen LogP contribution in [0.2, 0.25) is 0 Å². The van der Waals surface area contributed by atoms with E-state index in [4.69, 9.17) is 4.74 Å². The fourth-order valence-electron chi connectivity index (χ4n) is 4.56. The molecule has 0 spiro atoms. The smallest absolute Gasteiger partial charge is 0.378 e. The first-order valence-electron chi connectivity index (χ1n) is 11.3. The highest BCUT2D eigenvalue weighted by molar-refractivity contribution is 5.77. The molecule has 1 fully saturated rings. The van der Waals surface area contributed by atoms with E-state index in [1.807, 2.05) is 17.2 Å². The van der Waals surface area contributed by atoms with Crippen LogP contribution < -0.4 is 10.5 Å². The number of alkyl halides is 3. The number of hydrogen-bond donors (Lipinski definition) is 1. The van der Waals surface area contributed by atoms with Gasteiger partial charge in [-0.1, -0.05) is 24.3 Å². The zero-order chi connectivity index (χ0) is 25.2. The molecule has 2 amide bonds. The quantitative estimate of drug-likeness (QED) is 0.618. The van der Waals surface area contributed by atoms with Crippen molar-refractivity contribution in [1.29, 1.82) is 0 Å². The van der Waals surface area contributed by atoms with E-state index >= 15 is 0 Å². The van der Waals surface area contributed by atoms with E-state index in [9.17, 15) is 27.6 Å². The lowest BCUT2D eigenvalue weighted by molar-refractivity contribution is -0.139. The Bertz CT molecular complexity index is 1140. The van der Waals surface area contributed by atoms with Crippen LogP contribution in [0.5, 0.6) is 0 Å². The molecule has 1 aromatic heterocycles. The number of rotatable bonds is 6. The molecule has 3 heterocycles. The largest absolute Gasteiger partial charge is 0.423 e. The first-order chi connectivity index (χ1) is 16.7. The molecule has 1 saturated heterocycles. The topological polar surface area (TPSA) is 98.8 Å². The summed E-state index contributed by atoms with van der Waals surface area (Å²) in [5, 5.41) is 5.46. The van der Waals surface area contributed by atoms with Gasteiger partial charge in [0.1, 0.15) is 5.56 Å². The first-order valence-corrected chi connectivity index (χ1v) is 11.3. The molecule has 188 valence electrons.